The van der Waals surface area contributed by atoms with Gasteiger partial charge in [-0.05, 0) is 38.4 Å². The molecular formula is C14H19N3O2. The molecule has 0 unspecified atom stereocenters. The summed E-state index contributed by atoms with van der Waals surface area (Å²) in [6.45, 7) is 2.55. The van der Waals surface area contributed by atoms with Gasteiger partial charge in [-0.2, -0.15) is 0 Å². The molecule has 1 aromatic rings. The first-order chi connectivity index (χ1) is 9.16. The quantitative estimate of drug-likeness (QED) is 0.753. The zero-order chi connectivity index (χ0) is 13.7. The van der Waals surface area contributed by atoms with Gasteiger partial charge in [0.2, 0.25) is 11.8 Å². The van der Waals surface area contributed by atoms with Crippen LogP contribution in [0.4, 0.5) is 5.69 Å². The number of amides is 2. The van der Waals surface area contributed by atoms with E-state index in [1.165, 1.54) is 0 Å². The third-order valence-corrected chi connectivity index (χ3v) is 3.17. The summed E-state index contributed by atoms with van der Waals surface area (Å²) < 4.78 is 0. The molecule has 0 radical (unpaired) electrons. The molecule has 1 aliphatic rings. The first-order valence-corrected chi connectivity index (χ1v) is 6.56. The molecule has 1 saturated heterocycles. The van der Waals surface area contributed by atoms with Crippen molar-refractivity contribution in [3.8, 4) is 0 Å². The van der Waals surface area contributed by atoms with E-state index in [4.69, 9.17) is 0 Å². The Morgan fingerprint density at radius 3 is 2.68 bits per heavy atom. The molecule has 1 aromatic carbocycles. The average Bonchev–Trinajstić information content (AvgIpc) is 2.93. The number of hydrogen-bond acceptors (Lipinski definition) is 3. The Bertz CT molecular complexity index is 441. The Morgan fingerprint density at radius 1 is 1.32 bits per heavy atom. The Morgan fingerprint density at radius 2 is 2.05 bits per heavy atom. The Hall–Kier alpha value is -1.88. The van der Waals surface area contributed by atoms with Gasteiger partial charge in [-0.1, -0.05) is 18.2 Å². The number of anilines is 1. The first kappa shape index (κ1) is 13.5. The van der Waals surface area contributed by atoms with Crippen LogP contribution in [0, 0.1) is 0 Å². The molecule has 0 saturated carbocycles. The van der Waals surface area contributed by atoms with Crippen LogP contribution in [-0.2, 0) is 9.59 Å². The minimum Gasteiger partial charge on any atom is -0.343 e. The number of nitrogens with one attached hydrogen (secondary N) is 3. The van der Waals surface area contributed by atoms with Gasteiger partial charge in [0.05, 0.1) is 6.04 Å². The van der Waals surface area contributed by atoms with Crippen molar-refractivity contribution < 1.29 is 9.59 Å². The summed E-state index contributed by atoms with van der Waals surface area (Å²) in [5.41, 5.74) is 0.729. The number of para-hydroxylation sites is 1. The molecule has 3 N–H and O–H groups in total. The summed E-state index contributed by atoms with van der Waals surface area (Å²) >= 11 is 0. The van der Waals surface area contributed by atoms with Crippen LogP contribution in [-0.4, -0.2) is 30.4 Å². The summed E-state index contributed by atoms with van der Waals surface area (Å²) in [4.78, 5) is 23.8. The van der Waals surface area contributed by atoms with E-state index >= 15 is 0 Å². The maximum Gasteiger partial charge on any atom is 0.246 e. The lowest BCUT2D eigenvalue weighted by atomic mass is 10.2. The minimum atomic E-state index is -0.546. The second kappa shape index (κ2) is 6.33. The lowest BCUT2D eigenvalue weighted by molar-refractivity contribution is -0.127. The summed E-state index contributed by atoms with van der Waals surface area (Å²) in [6, 6.07) is 8.49. The molecule has 5 nitrogen and oxygen atoms in total. The maximum atomic E-state index is 11.9. The van der Waals surface area contributed by atoms with Gasteiger partial charge in [-0.15, -0.1) is 0 Å². The molecule has 0 bridgehead atoms. The third kappa shape index (κ3) is 3.79. The Kier molecular flexibility index (Phi) is 4.52. The highest BCUT2D eigenvalue weighted by Crippen LogP contribution is 2.07. The van der Waals surface area contributed by atoms with Crippen LogP contribution in [0.15, 0.2) is 30.3 Å². The van der Waals surface area contributed by atoms with Crippen molar-refractivity contribution in [2.24, 2.45) is 0 Å². The fraction of sp³-hybridized carbons (Fsp3) is 0.429. The first-order valence-electron chi connectivity index (χ1n) is 6.56. The fourth-order valence-corrected chi connectivity index (χ4v) is 2.06. The van der Waals surface area contributed by atoms with Gasteiger partial charge in [-0.3, -0.25) is 9.59 Å². The number of carbonyl (C=O) groups is 2. The van der Waals surface area contributed by atoms with Crippen molar-refractivity contribution in [1.29, 1.82) is 0 Å². The van der Waals surface area contributed by atoms with Gasteiger partial charge < -0.3 is 16.0 Å². The minimum absolute atomic E-state index is 0.104. The molecule has 102 valence electrons. The predicted molar refractivity (Wildman–Crippen MR) is 73.7 cm³/mol. The molecule has 0 aliphatic carbocycles. The zero-order valence-corrected chi connectivity index (χ0v) is 11.0. The van der Waals surface area contributed by atoms with E-state index in [0.717, 1.165) is 25.1 Å². The highest BCUT2D eigenvalue weighted by atomic mass is 16.2. The molecule has 1 heterocycles. The van der Waals surface area contributed by atoms with Crippen molar-refractivity contribution >= 4 is 17.5 Å². The van der Waals surface area contributed by atoms with Gasteiger partial charge in [0.1, 0.15) is 6.04 Å². The largest absolute Gasteiger partial charge is 0.343 e. The molecule has 19 heavy (non-hydrogen) atoms. The Labute approximate surface area is 112 Å². The van der Waals surface area contributed by atoms with Crippen molar-refractivity contribution in [1.82, 2.24) is 10.6 Å². The van der Waals surface area contributed by atoms with E-state index in [0.29, 0.717) is 0 Å². The second-order valence-electron chi connectivity index (χ2n) is 4.73. The number of carbonyl (C=O) groups excluding carboxylic acids is 2. The highest BCUT2D eigenvalue weighted by molar-refractivity contribution is 5.97. The van der Waals surface area contributed by atoms with E-state index in [1.54, 1.807) is 6.92 Å². The fourth-order valence-electron chi connectivity index (χ4n) is 2.06. The molecule has 5 heteroatoms. The molecule has 1 aliphatic heterocycles. The summed E-state index contributed by atoms with van der Waals surface area (Å²) in [7, 11) is 0. The molecule has 1 fully saturated rings. The van der Waals surface area contributed by atoms with E-state index in [2.05, 4.69) is 16.0 Å². The van der Waals surface area contributed by atoms with Crippen molar-refractivity contribution in [3.05, 3.63) is 30.3 Å². The summed E-state index contributed by atoms with van der Waals surface area (Å²) in [5.74, 6) is -0.314. The van der Waals surface area contributed by atoms with Gasteiger partial charge >= 0.3 is 0 Å². The monoisotopic (exact) mass is 261 g/mol. The van der Waals surface area contributed by atoms with Gasteiger partial charge in [-0.25, -0.2) is 0 Å². The van der Waals surface area contributed by atoms with Gasteiger partial charge in [0.25, 0.3) is 0 Å². The number of benzene rings is 1. The molecule has 0 spiro atoms. The molecule has 2 rings (SSSR count). The van der Waals surface area contributed by atoms with E-state index < -0.39 is 6.04 Å². The van der Waals surface area contributed by atoms with E-state index in [1.807, 2.05) is 30.3 Å². The predicted octanol–water partition coefficient (Wildman–Crippen LogP) is 0.882. The average molecular weight is 261 g/mol. The Balaban J connectivity index is 1.83. The summed E-state index contributed by atoms with van der Waals surface area (Å²) in [6.07, 6.45) is 1.83. The SMILES string of the molecule is C[C@H](NC(=O)[C@@H]1CCCN1)C(=O)Nc1ccccc1. The standard InChI is InChI=1S/C14H19N3O2/c1-10(16-14(19)12-8-5-9-15-12)13(18)17-11-6-3-2-4-7-11/h2-4,6-7,10,12,15H,5,8-9H2,1H3,(H,16,19)(H,17,18)/t10-,12-/m0/s1. The zero-order valence-electron chi connectivity index (χ0n) is 11.0. The lowest BCUT2D eigenvalue weighted by Crippen LogP contribution is -2.48. The maximum absolute atomic E-state index is 11.9. The molecular weight excluding hydrogens is 242 g/mol. The molecule has 0 aromatic heterocycles. The topological polar surface area (TPSA) is 70.2 Å². The van der Waals surface area contributed by atoms with Crippen LogP contribution < -0.4 is 16.0 Å². The van der Waals surface area contributed by atoms with E-state index in [-0.39, 0.29) is 17.9 Å². The van der Waals surface area contributed by atoms with Crippen molar-refractivity contribution in [2.45, 2.75) is 31.8 Å². The smallest absolute Gasteiger partial charge is 0.246 e. The normalized spacial score (nSPS) is 19.7. The van der Waals surface area contributed by atoms with Crippen molar-refractivity contribution in [2.75, 3.05) is 11.9 Å². The van der Waals surface area contributed by atoms with Gasteiger partial charge in [0.15, 0.2) is 0 Å². The van der Waals surface area contributed by atoms with Crippen LogP contribution in [0.25, 0.3) is 0 Å². The number of hydrogen-bond donors (Lipinski definition) is 3. The van der Waals surface area contributed by atoms with Crippen LogP contribution in [0.5, 0.6) is 0 Å². The van der Waals surface area contributed by atoms with Crippen LogP contribution >= 0.6 is 0 Å². The second-order valence-corrected chi connectivity index (χ2v) is 4.73. The van der Waals surface area contributed by atoms with Crippen LogP contribution in [0.3, 0.4) is 0 Å². The molecule has 2 amide bonds. The van der Waals surface area contributed by atoms with Crippen molar-refractivity contribution in [3.63, 3.8) is 0 Å². The molecule has 2 atom stereocenters. The lowest BCUT2D eigenvalue weighted by Gasteiger charge is -2.17. The highest BCUT2D eigenvalue weighted by Gasteiger charge is 2.24. The van der Waals surface area contributed by atoms with E-state index in [9.17, 15) is 9.59 Å². The van der Waals surface area contributed by atoms with Crippen LogP contribution in [0.1, 0.15) is 19.8 Å². The third-order valence-electron chi connectivity index (χ3n) is 3.17. The van der Waals surface area contributed by atoms with Gasteiger partial charge in [0, 0.05) is 5.69 Å². The number of rotatable bonds is 4. The summed E-state index contributed by atoms with van der Waals surface area (Å²) in [5, 5.41) is 8.60. The van der Waals surface area contributed by atoms with Crippen LogP contribution in [0.2, 0.25) is 0 Å².